The number of halogens is 1. The number of anilines is 1. The van der Waals surface area contributed by atoms with Gasteiger partial charge in [0.15, 0.2) is 0 Å². The van der Waals surface area contributed by atoms with Crippen molar-refractivity contribution in [2.24, 2.45) is 5.92 Å². The fraction of sp³-hybridized carbons (Fsp3) is 0.294. The minimum absolute atomic E-state index is 0.108. The smallest absolute Gasteiger partial charge is 0.227 e. The summed E-state index contributed by atoms with van der Waals surface area (Å²) in [5.41, 5.74) is 1.37. The molecule has 0 aliphatic carbocycles. The van der Waals surface area contributed by atoms with Gasteiger partial charge in [-0.2, -0.15) is 0 Å². The first-order valence-electron chi connectivity index (χ1n) is 7.75. The van der Waals surface area contributed by atoms with Crippen molar-refractivity contribution in [1.82, 2.24) is 15.3 Å². The lowest BCUT2D eigenvalue weighted by Gasteiger charge is -2.17. The number of hydrogen-bond donors (Lipinski definition) is 1. The first-order valence-corrected chi connectivity index (χ1v) is 8.13. The van der Waals surface area contributed by atoms with Crippen LogP contribution in [0.2, 0.25) is 5.02 Å². The molecule has 130 valence electrons. The summed E-state index contributed by atoms with van der Waals surface area (Å²) in [5.74, 6) is -0.149. The van der Waals surface area contributed by atoms with Crippen LogP contribution in [0.1, 0.15) is 12.1 Å². The number of carbonyl (C=O) groups excluding carboxylic acids is 2. The van der Waals surface area contributed by atoms with Gasteiger partial charge >= 0.3 is 0 Å². The lowest BCUT2D eigenvalue weighted by molar-refractivity contribution is -0.126. The molecule has 1 atom stereocenters. The molecule has 1 aromatic heterocycles. The zero-order valence-electron chi connectivity index (χ0n) is 13.6. The fourth-order valence-corrected chi connectivity index (χ4v) is 2.95. The van der Waals surface area contributed by atoms with Gasteiger partial charge in [0.05, 0.1) is 30.3 Å². The highest BCUT2D eigenvalue weighted by Gasteiger charge is 2.35. The Kier molecular flexibility index (Phi) is 5.14. The predicted octanol–water partition coefficient (Wildman–Crippen LogP) is 1.81. The zero-order chi connectivity index (χ0) is 17.8. The van der Waals surface area contributed by atoms with Gasteiger partial charge in [-0.05, 0) is 24.3 Å². The Morgan fingerprint density at radius 1 is 1.44 bits per heavy atom. The van der Waals surface area contributed by atoms with E-state index in [1.807, 2.05) is 0 Å². The average Bonchev–Trinajstić information content (AvgIpc) is 3.02. The molecular formula is C17H17ClN4O3. The molecule has 2 heterocycles. The summed E-state index contributed by atoms with van der Waals surface area (Å²) < 4.78 is 5.11. The van der Waals surface area contributed by atoms with Crippen LogP contribution < -0.4 is 15.0 Å². The second-order valence-electron chi connectivity index (χ2n) is 5.64. The van der Waals surface area contributed by atoms with Gasteiger partial charge in [0.25, 0.3) is 0 Å². The highest BCUT2D eigenvalue weighted by Crippen LogP contribution is 2.32. The highest BCUT2D eigenvalue weighted by molar-refractivity contribution is 6.32. The van der Waals surface area contributed by atoms with Gasteiger partial charge in [0, 0.05) is 24.8 Å². The van der Waals surface area contributed by atoms with E-state index >= 15 is 0 Å². The van der Waals surface area contributed by atoms with Gasteiger partial charge in [-0.15, -0.1) is 0 Å². The van der Waals surface area contributed by atoms with E-state index in [9.17, 15) is 9.59 Å². The van der Waals surface area contributed by atoms with Gasteiger partial charge in [-0.3, -0.25) is 9.59 Å². The van der Waals surface area contributed by atoms with Crippen molar-refractivity contribution in [2.45, 2.75) is 13.0 Å². The van der Waals surface area contributed by atoms with E-state index in [1.165, 1.54) is 13.4 Å². The largest absolute Gasteiger partial charge is 0.495 e. The van der Waals surface area contributed by atoms with Gasteiger partial charge < -0.3 is 15.0 Å². The Morgan fingerprint density at radius 3 is 2.96 bits per heavy atom. The van der Waals surface area contributed by atoms with Crippen LogP contribution in [0.5, 0.6) is 5.75 Å². The quantitative estimate of drug-likeness (QED) is 0.879. The summed E-state index contributed by atoms with van der Waals surface area (Å²) in [6, 6.07) is 6.85. The van der Waals surface area contributed by atoms with Crippen molar-refractivity contribution in [3.63, 3.8) is 0 Å². The second-order valence-corrected chi connectivity index (χ2v) is 6.05. The average molecular weight is 361 g/mol. The number of rotatable bonds is 5. The summed E-state index contributed by atoms with van der Waals surface area (Å²) in [6.07, 6.45) is 3.21. The molecule has 0 spiro atoms. The highest BCUT2D eigenvalue weighted by atomic mass is 35.5. The van der Waals surface area contributed by atoms with Crippen LogP contribution in [0.25, 0.3) is 0 Å². The monoisotopic (exact) mass is 360 g/mol. The fourth-order valence-electron chi connectivity index (χ4n) is 2.70. The third kappa shape index (κ3) is 3.88. The van der Waals surface area contributed by atoms with Gasteiger partial charge in [-0.1, -0.05) is 11.6 Å². The molecule has 7 nitrogen and oxygen atoms in total. The SMILES string of the molecule is COc1ccc(N2C[C@@H](C(=O)NCc3ccncn3)CC2=O)cc1Cl. The maximum Gasteiger partial charge on any atom is 0.227 e. The maximum absolute atomic E-state index is 12.3. The minimum atomic E-state index is -0.407. The van der Waals surface area contributed by atoms with Crippen LogP contribution >= 0.6 is 11.6 Å². The maximum atomic E-state index is 12.3. The number of amides is 2. The number of benzene rings is 1. The molecule has 2 amide bonds. The molecule has 0 radical (unpaired) electrons. The number of ether oxygens (including phenoxy) is 1. The Bertz CT molecular complexity index is 785. The van der Waals surface area contributed by atoms with Crippen LogP contribution in [0.4, 0.5) is 5.69 Å². The molecule has 1 saturated heterocycles. The Hall–Kier alpha value is -2.67. The number of carbonyl (C=O) groups is 2. The van der Waals surface area contributed by atoms with Crippen molar-refractivity contribution in [1.29, 1.82) is 0 Å². The lowest BCUT2D eigenvalue weighted by Crippen LogP contribution is -2.32. The second kappa shape index (κ2) is 7.48. The molecule has 0 saturated carbocycles. The molecule has 3 rings (SSSR count). The predicted molar refractivity (Wildman–Crippen MR) is 92.3 cm³/mol. The first-order chi connectivity index (χ1) is 12.1. The number of hydrogen-bond acceptors (Lipinski definition) is 5. The summed E-state index contributed by atoms with van der Waals surface area (Å²) in [4.78, 5) is 34.1. The summed E-state index contributed by atoms with van der Waals surface area (Å²) in [6.45, 7) is 0.623. The van der Waals surface area contributed by atoms with E-state index in [-0.39, 0.29) is 18.2 Å². The van der Waals surface area contributed by atoms with Gasteiger partial charge in [-0.25, -0.2) is 9.97 Å². The Labute approximate surface area is 150 Å². The molecule has 0 unspecified atom stereocenters. The lowest BCUT2D eigenvalue weighted by atomic mass is 10.1. The normalized spacial score (nSPS) is 16.8. The number of nitrogens with one attached hydrogen (secondary N) is 1. The number of nitrogens with zero attached hydrogens (tertiary/aromatic N) is 3. The zero-order valence-corrected chi connectivity index (χ0v) is 14.4. The van der Waals surface area contributed by atoms with E-state index < -0.39 is 5.92 Å². The van der Waals surface area contributed by atoms with E-state index in [0.717, 1.165) is 0 Å². The Balaban J connectivity index is 1.63. The Morgan fingerprint density at radius 2 is 2.28 bits per heavy atom. The van der Waals surface area contributed by atoms with Gasteiger partial charge in [0.2, 0.25) is 11.8 Å². The van der Waals surface area contributed by atoms with Crippen molar-refractivity contribution in [2.75, 3.05) is 18.6 Å². The summed E-state index contributed by atoms with van der Waals surface area (Å²) >= 11 is 6.12. The molecule has 0 bridgehead atoms. The van der Waals surface area contributed by atoms with Crippen LogP contribution in [0.15, 0.2) is 36.8 Å². The van der Waals surface area contributed by atoms with Gasteiger partial charge in [0.1, 0.15) is 12.1 Å². The van der Waals surface area contributed by atoms with Crippen molar-refractivity contribution < 1.29 is 14.3 Å². The van der Waals surface area contributed by atoms with E-state index in [0.29, 0.717) is 35.2 Å². The van der Waals surface area contributed by atoms with Crippen LogP contribution in [0.3, 0.4) is 0 Å². The van der Waals surface area contributed by atoms with Crippen molar-refractivity contribution in [3.8, 4) is 5.75 Å². The molecule has 8 heteroatoms. The molecule has 1 aromatic carbocycles. The first kappa shape index (κ1) is 17.2. The number of aromatic nitrogens is 2. The van der Waals surface area contributed by atoms with E-state index in [4.69, 9.17) is 16.3 Å². The minimum Gasteiger partial charge on any atom is -0.495 e. The van der Waals surface area contributed by atoms with Crippen LogP contribution in [-0.2, 0) is 16.1 Å². The topological polar surface area (TPSA) is 84.4 Å². The molecule has 25 heavy (non-hydrogen) atoms. The molecular weight excluding hydrogens is 344 g/mol. The molecule has 2 aromatic rings. The molecule has 1 aliphatic heterocycles. The third-order valence-corrected chi connectivity index (χ3v) is 4.33. The van der Waals surface area contributed by atoms with Crippen LogP contribution in [-0.4, -0.2) is 35.4 Å². The third-order valence-electron chi connectivity index (χ3n) is 4.03. The van der Waals surface area contributed by atoms with Crippen LogP contribution in [0, 0.1) is 5.92 Å². The van der Waals surface area contributed by atoms with E-state index in [2.05, 4.69) is 15.3 Å². The number of methoxy groups -OCH3 is 1. The van der Waals surface area contributed by atoms with Crippen molar-refractivity contribution in [3.05, 3.63) is 47.5 Å². The summed E-state index contributed by atoms with van der Waals surface area (Å²) in [5, 5.41) is 3.23. The van der Waals surface area contributed by atoms with E-state index in [1.54, 1.807) is 35.4 Å². The molecule has 1 N–H and O–H groups in total. The van der Waals surface area contributed by atoms with Crippen molar-refractivity contribution >= 4 is 29.1 Å². The standard InChI is InChI=1S/C17H17ClN4O3/c1-25-15-3-2-13(7-14(15)18)22-9-11(6-16(22)23)17(24)20-8-12-4-5-19-10-21-12/h2-5,7,10-11H,6,8-9H2,1H3,(H,20,24)/t11-/m0/s1. The molecule has 1 fully saturated rings. The summed E-state index contributed by atoms with van der Waals surface area (Å²) in [7, 11) is 1.53. The molecule has 1 aliphatic rings.